The van der Waals surface area contributed by atoms with E-state index in [0.29, 0.717) is 11.1 Å². The Balaban J connectivity index is 2.08. The number of anilines is 1. The second kappa shape index (κ2) is 4.99. The van der Waals surface area contributed by atoms with Crippen LogP contribution in [0.1, 0.15) is 5.56 Å². The van der Waals surface area contributed by atoms with Crippen LogP contribution in [-0.2, 0) is 10.0 Å². The quantitative estimate of drug-likeness (QED) is 0.774. The highest BCUT2D eigenvalue weighted by Gasteiger charge is 2.19. The molecule has 2 N–H and O–H groups in total. The van der Waals surface area contributed by atoms with Crippen molar-refractivity contribution in [3.05, 3.63) is 58.3 Å². The van der Waals surface area contributed by atoms with Crippen LogP contribution in [0.5, 0.6) is 0 Å². The highest BCUT2D eigenvalue weighted by Crippen LogP contribution is 2.24. The van der Waals surface area contributed by atoms with Crippen molar-refractivity contribution < 1.29 is 17.2 Å². The van der Waals surface area contributed by atoms with E-state index in [4.69, 9.17) is 4.42 Å². The van der Waals surface area contributed by atoms with E-state index in [0.717, 1.165) is 6.07 Å². The maximum absolute atomic E-state index is 13.1. The number of fused-ring (bicyclic) bond motifs is 1. The summed E-state index contributed by atoms with van der Waals surface area (Å²) in [5.41, 5.74) is 1.07. The summed E-state index contributed by atoms with van der Waals surface area (Å²) in [6, 6.07) is 7.87. The zero-order valence-corrected chi connectivity index (χ0v) is 12.2. The molecule has 0 unspecified atom stereocenters. The summed E-state index contributed by atoms with van der Waals surface area (Å²) in [6.07, 6.45) is 0. The third-order valence-electron chi connectivity index (χ3n) is 3.08. The van der Waals surface area contributed by atoms with Crippen molar-refractivity contribution in [3.8, 4) is 0 Å². The van der Waals surface area contributed by atoms with Gasteiger partial charge in [-0.1, -0.05) is 6.07 Å². The molecule has 0 saturated carbocycles. The number of H-pyrrole nitrogens is 1. The van der Waals surface area contributed by atoms with Gasteiger partial charge in [0.25, 0.3) is 10.0 Å². The smallest absolute Gasteiger partial charge is 0.408 e. The summed E-state index contributed by atoms with van der Waals surface area (Å²) in [6.45, 7) is 1.59. The normalized spacial score (nSPS) is 11.7. The summed E-state index contributed by atoms with van der Waals surface area (Å²) < 4.78 is 45.1. The van der Waals surface area contributed by atoms with E-state index in [9.17, 15) is 17.6 Å². The Bertz CT molecular complexity index is 1020. The van der Waals surface area contributed by atoms with Gasteiger partial charge in [-0.05, 0) is 36.8 Å². The van der Waals surface area contributed by atoms with Gasteiger partial charge in [0, 0.05) is 6.07 Å². The van der Waals surface area contributed by atoms with E-state index >= 15 is 0 Å². The van der Waals surface area contributed by atoms with E-state index in [-0.39, 0.29) is 16.2 Å². The topological polar surface area (TPSA) is 92.2 Å². The summed E-state index contributed by atoms with van der Waals surface area (Å²) >= 11 is 0. The fourth-order valence-corrected chi connectivity index (χ4v) is 3.43. The molecule has 114 valence electrons. The van der Waals surface area contributed by atoms with Gasteiger partial charge in [0.1, 0.15) is 5.82 Å². The molecule has 1 aromatic heterocycles. The Morgan fingerprint density at radius 1 is 1.23 bits per heavy atom. The Morgan fingerprint density at radius 2 is 2.00 bits per heavy atom. The van der Waals surface area contributed by atoms with Crippen LogP contribution < -0.4 is 10.5 Å². The lowest BCUT2D eigenvalue weighted by Gasteiger charge is -2.10. The highest BCUT2D eigenvalue weighted by molar-refractivity contribution is 7.92. The molecule has 0 aliphatic carbocycles. The lowest BCUT2D eigenvalue weighted by Crippen LogP contribution is -2.14. The first kappa shape index (κ1) is 14.3. The fourth-order valence-electron chi connectivity index (χ4n) is 2.14. The molecule has 0 bridgehead atoms. The zero-order valence-electron chi connectivity index (χ0n) is 11.4. The molecule has 0 saturated heterocycles. The summed E-state index contributed by atoms with van der Waals surface area (Å²) in [4.78, 5) is 13.6. The van der Waals surface area contributed by atoms with Crippen LogP contribution in [0.3, 0.4) is 0 Å². The monoisotopic (exact) mass is 322 g/mol. The second-order valence-electron chi connectivity index (χ2n) is 4.74. The number of aryl methyl sites for hydroxylation is 1. The molecule has 3 aromatic rings. The molecule has 8 heteroatoms. The van der Waals surface area contributed by atoms with E-state index in [1.54, 1.807) is 6.92 Å². The van der Waals surface area contributed by atoms with E-state index < -0.39 is 21.6 Å². The molecule has 6 nitrogen and oxygen atoms in total. The third-order valence-corrected chi connectivity index (χ3v) is 4.61. The molecule has 3 rings (SSSR count). The number of sulfonamides is 1. The van der Waals surface area contributed by atoms with Crippen molar-refractivity contribution in [2.24, 2.45) is 0 Å². The molecule has 0 amide bonds. The SMILES string of the molecule is Cc1cc2[nH]c(=O)oc2cc1S(=O)(=O)Nc1cccc(F)c1. The van der Waals surface area contributed by atoms with Crippen LogP contribution in [0.2, 0.25) is 0 Å². The van der Waals surface area contributed by atoms with Crippen molar-refractivity contribution in [1.29, 1.82) is 0 Å². The Hall–Kier alpha value is -2.61. The first-order valence-corrected chi connectivity index (χ1v) is 7.75. The number of benzene rings is 2. The zero-order chi connectivity index (χ0) is 15.9. The van der Waals surface area contributed by atoms with Gasteiger partial charge in [0.2, 0.25) is 0 Å². The van der Waals surface area contributed by atoms with Gasteiger partial charge in [-0.2, -0.15) is 0 Å². The number of hydrogen-bond donors (Lipinski definition) is 2. The van der Waals surface area contributed by atoms with Crippen LogP contribution in [0.25, 0.3) is 11.1 Å². The van der Waals surface area contributed by atoms with Crippen molar-refractivity contribution in [2.75, 3.05) is 4.72 Å². The molecule has 0 spiro atoms. The molecular weight excluding hydrogens is 311 g/mol. The van der Waals surface area contributed by atoms with E-state index in [2.05, 4.69) is 9.71 Å². The molecule has 0 atom stereocenters. The van der Waals surface area contributed by atoms with E-state index in [1.165, 1.54) is 30.3 Å². The number of aromatic nitrogens is 1. The van der Waals surface area contributed by atoms with Gasteiger partial charge in [-0.3, -0.25) is 9.71 Å². The summed E-state index contributed by atoms with van der Waals surface area (Å²) in [5.74, 6) is -1.22. The van der Waals surface area contributed by atoms with Crippen LogP contribution in [0.15, 0.2) is 50.5 Å². The van der Waals surface area contributed by atoms with Gasteiger partial charge in [-0.15, -0.1) is 0 Å². The number of hydrogen-bond acceptors (Lipinski definition) is 4. The number of oxazole rings is 1. The summed E-state index contributed by atoms with van der Waals surface area (Å²) in [5, 5.41) is 0. The number of nitrogens with one attached hydrogen (secondary N) is 2. The van der Waals surface area contributed by atoms with Crippen LogP contribution in [-0.4, -0.2) is 13.4 Å². The minimum absolute atomic E-state index is 0.0491. The molecule has 0 fully saturated rings. The maximum atomic E-state index is 13.1. The number of halogens is 1. The highest BCUT2D eigenvalue weighted by atomic mass is 32.2. The first-order valence-electron chi connectivity index (χ1n) is 6.27. The average Bonchev–Trinajstić information content (AvgIpc) is 2.76. The first-order chi connectivity index (χ1) is 10.3. The molecule has 0 aliphatic heterocycles. The molecule has 0 aliphatic rings. The Morgan fingerprint density at radius 3 is 2.73 bits per heavy atom. The predicted molar refractivity (Wildman–Crippen MR) is 78.8 cm³/mol. The predicted octanol–water partition coefficient (Wildman–Crippen LogP) is 2.37. The van der Waals surface area contributed by atoms with Crippen molar-refractivity contribution >= 4 is 26.8 Å². The van der Waals surface area contributed by atoms with Gasteiger partial charge in [0.15, 0.2) is 5.58 Å². The van der Waals surface area contributed by atoms with Crippen LogP contribution in [0, 0.1) is 12.7 Å². The van der Waals surface area contributed by atoms with Gasteiger partial charge >= 0.3 is 5.76 Å². The fraction of sp³-hybridized carbons (Fsp3) is 0.0714. The summed E-state index contributed by atoms with van der Waals surface area (Å²) in [7, 11) is -3.94. The molecule has 2 aromatic carbocycles. The minimum Gasteiger partial charge on any atom is -0.408 e. The van der Waals surface area contributed by atoms with Gasteiger partial charge in [-0.25, -0.2) is 17.6 Å². The van der Waals surface area contributed by atoms with Crippen LogP contribution in [0.4, 0.5) is 10.1 Å². The molecule has 22 heavy (non-hydrogen) atoms. The van der Waals surface area contributed by atoms with Crippen molar-refractivity contribution in [3.63, 3.8) is 0 Å². The van der Waals surface area contributed by atoms with Crippen molar-refractivity contribution in [2.45, 2.75) is 11.8 Å². The minimum atomic E-state index is -3.94. The molecule has 0 radical (unpaired) electrons. The second-order valence-corrected chi connectivity index (χ2v) is 6.40. The lowest BCUT2D eigenvalue weighted by molar-refractivity contribution is 0.554. The Kier molecular flexibility index (Phi) is 3.25. The van der Waals surface area contributed by atoms with Crippen molar-refractivity contribution in [1.82, 2.24) is 4.98 Å². The largest absolute Gasteiger partial charge is 0.417 e. The van der Waals surface area contributed by atoms with Crippen LogP contribution >= 0.6 is 0 Å². The van der Waals surface area contributed by atoms with Gasteiger partial charge < -0.3 is 4.42 Å². The lowest BCUT2D eigenvalue weighted by atomic mass is 10.2. The molecule has 1 heterocycles. The third kappa shape index (κ3) is 2.60. The number of aromatic amines is 1. The maximum Gasteiger partial charge on any atom is 0.417 e. The standard InChI is InChI=1S/C14H11FN2O4S/c1-8-5-11-12(21-14(18)16-11)7-13(8)22(19,20)17-10-4-2-3-9(15)6-10/h2-7,17H,1H3,(H,16,18). The average molecular weight is 322 g/mol. The van der Waals surface area contributed by atoms with E-state index in [1.807, 2.05) is 0 Å². The Labute approximate surface area is 124 Å². The molecular formula is C14H11FN2O4S. The number of rotatable bonds is 3. The van der Waals surface area contributed by atoms with Gasteiger partial charge in [0.05, 0.1) is 16.1 Å².